The second-order valence-corrected chi connectivity index (χ2v) is 4.28. The second kappa shape index (κ2) is 8.53. The van der Waals surface area contributed by atoms with Gasteiger partial charge in [-0.2, -0.15) is 0 Å². The van der Waals surface area contributed by atoms with E-state index in [0.717, 1.165) is 18.4 Å². The van der Waals surface area contributed by atoms with Crippen molar-refractivity contribution in [3.63, 3.8) is 0 Å². The zero-order valence-electron chi connectivity index (χ0n) is 10.1. The molecule has 1 aromatic carbocycles. The maximum Gasteiger partial charge on any atom is 0.242 e. The number of unbranched alkanes of at least 4 members (excludes halogenated alkanes) is 1. The predicted octanol–water partition coefficient (Wildman–Crippen LogP) is 1.79. The molecule has 2 N–H and O–H groups in total. The molecule has 0 radical (unpaired) electrons. The third-order valence-corrected chi connectivity index (χ3v) is 2.60. The van der Waals surface area contributed by atoms with Crippen molar-refractivity contribution in [2.75, 3.05) is 5.88 Å². The van der Waals surface area contributed by atoms with Gasteiger partial charge in [-0.1, -0.05) is 30.3 Å². The van der Waals surface area contributed by atoms with E-state index in [0.29, 0.717) is 12.3 Å². The first-order valence-corrected chi connectivity index (χ1v) is 6.43. The number of hydrogen-bond donors (Lipinski definition) is 2. The SMILES string of the molecule is O=C(CCCCCl)NNC(=O)Cc1ccccc1. The van der Waals surface area contributed by atoms with Crippen molar-refractivity contribution in [2.24, 2.45) is 0 Å². The molecule has 98 valence electrons. The Morgan fingerprint density at radius 2 is 1.67 bits per heavy atom. The van der Waals surface area contributed by atoms with Crippen molar-refractivity contribution in [3.8, 4) is 0 Å². The van der Waals surface area contributed by atoms with Gasteiger partial charge in [0.05, 0.1) is 6.42 Å². The van der Waals surface area contributed by atoms with Gasteiger partial charge in [0, 0.05) is 12.3 Å². The minimum Gasteiger partial charge on any atom is -0.273 e. The van der Waals surface area contributed by atoms with E-state index in [-0.39, 0.29) is 18.2 Å². The lowest BCUT2D eigenvalue weighted by molar-refractivity contribution is -0.128. The van der Waals surface area contributed by atoms with Gasteiger partial charge in [0.15, 0.2) is 0 Å². The van der Waals surface area contributed by atoms with E-state index in [1.807, 2.05) is 30.3 Å². The largest absolute Gasteiger partial charge is 0.273 e. The number of hydrogen-bond acceptors (Lipinski definition) is 2. The van der Waals surface area contributed by atoms with Gasteiger partial charge in [-0.25, -0.2) is 0 Å². The summed E-state index contributed by atoms with van der Waals surface area (Å²) in [6.45, 7) is 0. The van der Waals surface area contributed by atoms with Crippen LogP contribution in [0, 0.1) is 0 Å². The van der Waals surface area contributed by atoms with Gasteiger partial charge >= 0.3 is 0 Å². The van der Waals surface area contributed by atoms with E-state index in [1.165, 1.54) is 0 Å². The highest BCUT2D eigenvalue weighted by Gasteiger charge is 2.05. The Labute approximate surface area is 112 Å². The van der Waals surface area contributed by atoms with Crippen LogP contribution in [0.4, 0.5) is 0 Å². The molecule has 1 rings (SSSR count). The lowest BCUT2D eigenvalue weighted by atomic mass is 10.1. The standard InChI is InChI=1S/C13H17ClN2O2/c14-9-5-4-8-12(17)15-16-13(18)10-11-6-2-1-3-7-11/h1-3,6-7H,4-5,8-10H2,(H,15,17)(H,16,18). The molecule has 0 saturated heterocycles. The number of nitrogens with one attached hydrogen (secondary N) is 2. The van der Waals surface area contributed by atoms with Crippen LogP contribution in [0.25, 0.3) is 0 Å². The minimum atomic E-state index is -0.230. The number of amides is 2. The van der Waals surface area contributed by atoms with E-state index < -0.39 is 0 Å². The molecule has 18 heavy (non-hydrogen) atoms. The van der Waals surface area contributed by atoms with Crippen LogP contribution in [0.3, 0.4) is 0 Å². The van der Waals surface area contributed by atoms with Crippen molar-refractivity contribution < 1.29 is 9.59 Å². The molecular formula is C13H17ClN2O2. The lowest BCUT2D eigenvalue weighted by Gasteiger charge is -2.07. The second-order valence-electron chi connectivity index (χ2n) is 3.90. The van der Waals surface area contributed by atoms with Gasteiger partial charge in [-0.3, -0.25) is 20.4 Å². The lowest BCUT2D eigenvalue weighted by Crippen LogP contribution is -2.42. The molecule has 0 heterocycles. The molecule has 0 aliphatic rings. The third-order valence-electron chi connectivity index (χ3n) is 2.34. The number of benzene rings is 1. The molecule has 0 aliphatic heterocycles. The van der Waals surface area contributed by atoms with Crippen LogP contribution in [-0.2, 0) is 16.0 Å². The number of carbonyl (C=O) groups is 2. The highest BCUT2D eigenvalue weighted by atomic mass is 35.5. The summed E-state index contributed by atoms with van der Waals surface area (Å²) >= 11 is 5.50. The van der Waals surface area contributed by atoms with Gasteiger partial charge in [0.25, 0.3) is 0 Å². The number of rotatable bonds is 6. The van der Waals surface area contributed by atoms with Gasteiger partial charge in [-0.15, -0.1) is 11.6 Å². The molecule has 0 atom stereocenters. The number of halogens is 1. The number of hydrazine groups is 1. The van der Waals surface area contributed by atoms with Crippen LogP contribution >= 0.6 is 11.6 Å². The summed E-state index contributed by atoms with van der Waals surface area (Å²) in [5.41, 5.74) is 5.68. The van der Waals surface area contributed by atoms with Crippen LogP contribution in [-0.4, -0.2) is 17.7 Å². The molecule has 0 aliphatic carbocycles. The Hall–Kier alpha value is -1.55. The molecule has 0 saturated carbocycles. The summed E-state index contributed by atoms with van der Waals surface area (Å²) in [5, 5.41) is 0. The molecule has 0 fully saturated rings. The molecule has 0 bridgehead atoms. The third kappa shape index (κ3) is 6.25. The number of carbonyl (C=O) groups excluding carboxylic acids is 2. The van der Waals surface area contributed by atoms with Crippen LogP contribution < -0.4 is 10.9 Å². The fraction of sp³-hybridized carbons (Fsp3) is 0.385. The highest BCUT2D eigenvalue weighted by molar-refractivity contribution is 6.17. The highest BCUT2D eigenvalue weighted by Crippen LogP contribution is 1.99. The average Bonchev–Trinajstić information content (AvgIpc) is 2.38. The van der Waals surface area contributed by atoms with Crippen molar-refractivity contribution in [1.29, 1.82) is 0 Å². The van der Waals surface area contributed by atoms with Crippen molar-refractivity contribution in [1.82, 2.24) is 10.9 Å². The Morgan fingerprint density at radius 3 is 2.33 bits per heavy atom. The van der Waals surface area contributed by atoms with E-state index in [1.54, 1.807) is 0 Å². The normalized spacial score (nSPS) is 9.83. The van der Waals surface area contributed by atoms with E-state index in [2.05, 4.69) is 10.9 Å². The van der Waals surface area contributed by atoms with Crippen LogP contribution in [0.15, 0.2) is 30.3 Å². The topological polar surface area (TPSA) is 58.2 Å². The van der Waals surface area contributed by atoms with Crippen molar-refractivity contribution >= 4 is 23.4 Å². The minimum absolute atomic E-state index is 0.193. The Kier molecular flexibility index (Phi) is 6.87. The summed E-state index contributed by atoms with van der Waals surface area (Å²) in [7, 11) is 0. The maximum absolute atomic E-state index is 11.5. The summed E-state index contributed by atoms with van der Waals surface area (Å²) < 4.78 is 0. The molecule has 0 aromatic heterocycles. The summed E-state index contributed by atoms with van der Waals surface area (Å²) in [6, 6.07) is 9.35. The Bertz CT molecular complexity index is 382. The Balaban J connectivity index is 2.19. The predicted molar refractivity (Wildman–Crippen MR) is 71.0 cm³/mol. The summed E-state index contributed by atoms with van der Waals surface area (Å²) in [5.74, 6) is 0.126. The quantitative estimate of drug-likeness (QED) is 0.469. The fourth-order valence-corrected chi connectivity index (χ4v) is 1.60. The first-order valence-electron chi connectivity index (χ1n) is 5.90. The molecule has 1 aromatic rings. The maximum atomic E-state index is 11.5. The van der Waals surface area contributed by atoms with E-state index >= 15 is 0 Å². The van der Waals surface area contributed by atoms with E-state index in [4.69, 9.17) is 11.6 Å². The van der Waals surface area contributed by atoms with Crippen LogP contribution in [0.1, 0.15) is 24.8 Å². The molecule has 4 nitrogen and oxygen atoms in total. The first kappa shape index (κ1) is 14.5. The zero-order chi connectivity index (χ0) is 13.2. The molecule has 2 amide bonds. The van der Waals surface area contributed by atoms with Crippen molar-refractivity contribution in [2.45, 2.75) is 25.7 Å². The summed E-state index contributed by atoms with van der Waals surface area (Å²) in [4.78, 5) is 22.8. The first-order chi connectivity index (χ1) is 8.72. The molecule has 0 spiro atoms. The van der Waals surface area contributed by atoms with Gasteiger partial charge in [-0.05, 0) is 18.4 Å². The van der Waals surface area contributed by atoms with Crippen LogP contribution in [0.5, 0.6) is 0 Å². The monoisotopic (exact) mass is 268 g/mol. The molecule has 0 unspecified atom stereocenters. The Morgan fingerprint density at radius 1 is 1.00 bits per heavy atom. The van der Waals surface area contributed by atoms with E-state index in [9.17, 15) is 9.59 Å². The van der Waals surface area contributed by atoms with Crippen LogP contribution in [0.2, 0.25) is 0 Å². The molecular weight excluding hydrogens is 252 g/mol. The van der Waals surface area contributed by atoms with Crippen molar-refractivity contribution in [3.05, 3.63) is 35.9 Å². The summed E-state index contributed by atoms with van der Waals surface area (Å²) in [6.07, 6.45) is 2.15. The fourth-order valence-electron chi connectivity index (χ4n) is 1.41. The molecule has 5 heteroatoms. The van der Waals surface area contributed by atoms with Gasteiger partial charge < -0.3 is 0 Å². The smallest absolute Gasteiger partial charge is 0.242 e. The average molecular weight is 269 g/mol. The van der Waals surface area contributed by atoms with Gasteiger partial charge in [0.1, 0.15) is 0 Å². The van der Waals surface area contributed by atoms with Gasteiger partial charge in [0.2, 0.25) is 11.8 Å². The number of alkyl halides is 1. The zero-order valence-corrected chi connectivity index (χ0v) is 10.9.